The highest BCUT2D eigenvalue weighted by Gasteiger charge is 2.41. The molecule has 1 heterocycles. The zero-order chi connectivity index (χ0) is 12.3. The molecule has 0 aliphatic carbocycles. The van der Waals surface area contributed by atoms with Crippen LogP contribution in [0.3, 0.4) is 0 Å². The molecule has 0 saturated carbocycles. The van der Waals surface area contributed by atoms with Gasteiger partial charge in [0, 0.05) is 19.9 Å². The smallest absolute Gasteiger partial charge is 0.302 e. The molecule has 1 aliphatic rings. The molecule has 1 rings (SSSR count). The number of carbonyl (C=O) groups is 2. The second-order valence-corrected chi connectivity index (χ2v) is 4.81. The third-order valence-corrected chi connectivity index (χ3v) is 3.24. The lowest BCUT2D eigenvalue weighted by Gasteiger charge is -2.40. The molecule has 1 aliphatic heterocycles. The third kappa shape index (κ3) is 2.54. The fraction of sp³-hybridized carbons (Fsp3) is 0.833. The summed E-state index contributed by atoms with van der Waals surface area (Å²) in [6.45, 7) is 8.07. The van der Waals surface area contributed by atoms with Gasteiger partial charge in [0.15, 0.2) is 0 Å². The predicted molar refractivity (Wildman–Crippen MR) is 60.9 cm³/mol. The van der Waals surface area contributed by atoms with Crippen molar-refractivity contribution >= 4 is 11.9 Å². The lowest BCUT2D eigenvalue weighted by atomic mass is 9.93. The zero-order valence-electron chi connectivity index (χ0n) is 10.6. The van der Waals surface area contributed by atoms with Gasteiger partial charge in [-0.2, -0.15) is 0 Å². The Morgan fingerprint density at radius 2 is 2.19 bits per heavy atom. The average molecular weight is 227 g/mol. The van der Waals surface area contributed by atoms with E-state index < -0.39 is 5.54 Å². The number of hydrogen-bond donors (Lipinski definition) is 0. The van der Waals surface area contributed by atoms with Gasteiger partial charge in [-0.3, -0.25) is 9.59 Å². The van der Waals surface area contributed by atoms with Gasteiger partial charge in [-0.15, -0.1) is 0 Å². The molecule has 0 spiro atoms. The van der Waals surface area contributed by atoms with Crippen molar-refractivity contribution in [3.8, 4) is 0 Å². The summed E-state index contributed by atoms with van der Waals surface area (Å²) in [7, 11) is 0. The Morgan fingerprint density at radius 1 is 1.56 bits per heavy atom. The van der Waals surface area contributed by atoms with Crippen LogP contribution in [0.1, 0.15) is 47.0 Å². The SMILES string of the molecule is CCC(OC(C)=O)C(C)(C)N1CCCC1=O. The van der Waals surface area contributed by atoms with E-state index in [-0.39, 0.29) is 18.0 Å². The van der Waals surface area contributed by atoms with Crippen LogP contribution >= 0.6 is 0 Å². The third-order valence-electron chi connectivity index (χ3n) is 3.24. The molecule has 0 N–H and O–H groups in total. The van der Waals surface area contributed by atoms with Crippen LogP contribution in [0.2, 0.25) is 0 Å². The van der Waals surface area contributed by atoms with E-state index in [1.54, 1.807) is 0 Å². The molecule has 0 aromatic carbocycles. The summed E-state index contributed by atoms with van der Waals surface area (Å²) in [5, 5.41) is 0. The second kappa shape index (κ2) is 4.85. The first-order valence-electron chi connectivity index (χ1n) is 5.87. The van der Waals surface area contributed by atoms with Gasteiger partial charge in [0.05, 0.1) is 5.54 Å². The number of amides is 1. The molecule has 1 atom stereocenters. The Morgan fingerprint density at radius 3 is 2.56 bits per heavy atom. The Bertz CT molecular complexity index is 286. The topological polar surface area (TPSA) is 46.6 Å². The molecule has 16 heavy (non-hydrogen) atoms. The maximum absolute atomic E-state index is 11.7. The normalized spacial score (nSPS) is 18.8. The number of ether oxygens (including phenoxy) is 1. The lowest BCUT2D eigenvalue weighted by molar-refractivity contribution is -0.158. The largest absolute Gasteiger partial charge is 0.460 e. The molecule has 0 bridgehead atoms. The van der Waals surface area contributed by atoms with E-state index >= 15 is 0 Å². The van der Waals surface area contributed by atoms with Crippen LogP contribution in [0.15, 0.2) is 0 Å². The average Bonchev–Trinajstić information content (AvgIpc) is 2.60. The minimum atomic E-state index is -0.409. The van der Waals surface area contributed by atoms with Gasteiger partial charge in [0.1, 0.15) is 6.10 Å². The van der Waals surface area contributed by atoms with Crippen LogP contribution in [0.5, 0.6) is 0 Å². The maximum Gasteiger partial charge on any atom is 0.302 e. The van der Waals surface area contributed by atoms with Crippen molar-refractivity contribution in [2.75, 3.05) is 6.54 Å². The zero-order valence-corrected chi connectivity index (χ0v) is 10.6. The summed E-state index contributed by atoms with van der Waals surface area (Å²) in [6, 6.07) is 0. The molecule has 1 unspecified atom stereocenters. The summed E-state index contributed by atoms with van der Waals surface area (Å²) in [4.78, 5) is 24.6. The number of carbonyl (C=O) groups excluding carboxylic acids is 2. The standard InChI is InChI=1S/C12H21NO3/c1-5-10(16-9(2)14)12(3,4)13-8-6-7-11(13)15/h10H,5-8H2,1-4H3. The van der Waals surface area contributed by atoms with E-state index in [0.29, 0.717) is 6.42 Å². The quantitative estimate of drug-likeness (QED) is 0.687. The Kier molecular flexibility index (Phi) is 3.94. The van der Waals surface area contributed by atoms with Gasteiger partial charge in [-0.25, -0.2) is 0 Å². The number of hydrogen-bond acceptors (Lipinski definition) is 3. The Hall–Kier alpha value is -1.06. The van der Waals surface area contributed by atoms with Crippen LogP contribution in [0, 0.1) is 0 Å². The monoisotopic (exact) mass is 227 g/mol. The lowest BCUT2D eigenvalue weighted by Crippen LogP contribution is -2.54. The summed E-state index contributed by atoms with van der Waals surface area (Å²) in [6.07, 6.45) is 2.00. The first-order chi connectivity index (χ1) is 7.39. The van der Waals surface area contributed by atoms with Gasteiger partial charge >= 0.3 is 5.97 Å². The summed E-state index contributed by atoms with van der Waals surface area (Å²) >= 11 is 0. The van der Waals surface area contributed by atoms with Gasteiger partial charge < -0.3 is 9.64 Å². The van der Waals surface area contributed by atoms with Gasteiger partial charge in [0.2, 0.25) is 5.91 Å². The van der Waals surface area contributed by atoms with E-state index in [9.17, 15) is 9.59 Å². The van der Waals surface area contributed by atoms with Crippen molar-refractivity contribution < 1.29 is 14.3 Å². The maximum atomic E-state index is 11.7. The van der Waals surface area contributed by atoms with E-state index in [1.807, 2.05) is 25.7 Å². The van der Waals surface area contributed by atoms with E-state index in [0.717, 1.165) is 19.4 Å². The van der Waals surface area contributed by atoms with Gasteiger partial charge in [-0.1, -0.05) is 6.92 Å². The first-order valence-corrected chi connectivity index (χ1v) is 5.87. The van der Waals surface area contributed by atoms with Crippen molar-refractivity contribution in [3.63, 3.8) is 0 Å². The fourth-order valence-corrected chi connectivity index (χ4v) is 2.36. The van der Waals surface area contributed by atoms with Crippen molar-refractivity contribution in [1.29, 1.82) is 0 Å². The number of likely N-dealkylation sites (tertiary alicyclic amines) is 1. The Balaban J connectivity index is 2.80. The van der Waals surface area contributed by atoms with Crippen molar-refractivity contribution in [1.82, 2.24) is 4.90 Å². The number of nitrogens with zero attached hydrogens (tertiary/aromatic N) is 1. The highest BCUT2D eigenvalue weighted by molar-refractivity contribution is 5.79. The molecule has 0 aromatic heterocycles. The van der Waals surface area contributed by atoms with E-state index in [1.165, 1.54) is 6.92 Å². The highest BCUT2D eigenvalue weighted by Crippen LogP contribution is 2.28. The molecule has 0 aromatic rings. The summed E-state index contributed by atoms with van der Waals surface area (Å²) < 4.78 is 5.29. The molecule has 4 heteroatoms. The van der Waals surface area contributed by atoms with Gasteiger partial charge in [-0.05, 0) is 26.7 Å². The molecule has 1 saturated heterocycles. The molecule has 1 fully saturated rings. The second-order valence-electron chi connectivity index (χ2n) is 4.81. The minimum Gasteiger partial charge on any atom is -0.460 e. The first kappa shape index (κ1) is 13.0. The minimum absolute atomic E-state index is 0.163. The summed E-state index contributed by atoms with van der Waals surface area (Å²) in [5.74, 6) is -0.123. The van der Waals surface area contributed by atoms with Crippen molar-refractivity contribution in [2.24, 2.45) is 0 Å². The molecule has 1 amide bonds. The fourth-order valence-electron chi connectivity index (χ4n) is 2.36. The van der Waals surface area contributed by atoms with Gasteiger partial charge in [0.25, 0.3) is 0 Å². The summed E-state index contributed by atoms with van der Waals surface area (Å²) in [5.41, 5.74) is -0.409. The van der Waals surface area contributed by atoms with Crippen LogP contribution in [0.25, 0.3) is 0 Å². The van der Waals surface area contributed by atoms with Crippen LogP contribution in [-0.4, -0.2) is 35.0 Å². The number of esters is 1. The van der Waals surface area contributed by atoms with Crippen molar-refractivity contribution in [3.05, 3.63) is 0 Å². The predicted octanol–water partition coefficient (Wildman–Crippen LogP) is 1.73. The van der Waals surface area contributed by atoms with Crippen molar-refractivity contribution in [2.45, 2.75) is 58.6 Å². The molecule has 0 radical (unpaired) electrons. The van der Waals surface area contributed by atoms with E-state index in [2.05, 4.69) is 0 Å². The highest BCUT2D eigenvalue weighted by atomic mass is 16.5. The molecular formula is C12H21NO3. The molecule has 4 nitrogen and oxygen atoms in total. The Labute approximate surface area is 96.9 Å². The van der Waals surface area contributed by atoms with E-state index in [4.69, 9.17) is 4.74 Å². The van der Waals surface area contributed by atoms with Crippen LogP contribution in [0.4, 0.5) is 0 Å². The molecule has 92 valence electrons. The van der Waals surface area contributed by atoms with Crippen LogP contribution in [-0.2, 0) is 14.3 Å². The van der Waals surface area contributed by atoms with Crippen LogP contribution < -0.4 is 0 Å². The molecular weight excluding hydrogens is 206 g/mol. The number of rotatable bonds is 4.